The van der Waals surface area contributed by atoms with Crippen LogP contribution in [0.4, 0.5) is 0 Å². The highest BCUT2D eigenvalue weighted by Crippen LogP contribution is 2.12. The summed E-state index contributed by atoms with van der Waals surface area (Å²) >= 11 is 0. The highest BCUT2D eigenvalue weighted by Gasteiger charge is 2.19. The molecule has 1 atom stereocenters. The summed E-state index contributed by atoms with van der Waals surface area (Å²) in [6.45, 7) is 6.45. The van der Waals surface area contributed by atoms with Gasteiger partial charge < -0.3 is 14.2 Å². The molecule has 6 heteroatoms. The van der Waals surface area contributed by atoms with E-state index in [2.05, 4.69) is 69.4 Å². The van der Waals surface area contributed by atoms with E-state index in [4.69, 9.17) is 14.2 Å². The lowest BCUT2D eigenvalue weighted by atomic mass is 10.1. The van der Waals surface area contributed by atoms with Gasteiger partial charge in [-0.15, -0.1) is 0 Å². The third-order valence-electron chi connectivity index (χ3n) is 9.06. The quantitative estimate of drug-likeness (QED) is 0.0272. The van der Waals surface area contributed by atoms with Crippen LogP contribution in [-0.2, 0) is 28.6 Å². The molecule has 0 rings (SSSR count). The van der Waals surface area contributed by atoms with Crippen LogP contribution in [0.5, 0.6) is 0 Å². The Morgan fingerprint density at radius 1 is 0.385 bits per heavy atom. The predicted molar refractivity (Wildman–Crippen MR) is 219 cm³/mol. The van der Waals surface area contributed by atoms with Gasteiger partial charge in [0.25, 0.3) is 0 Å². The number of allylic oxidation sites excluding steroid dienone is 8. The standard InChI is InChI=1S/C46H80O6/c1-4-7-10-13-16-18-20-22-24-26-28-30-33-36-39-45(48)51-42-43(41-50-44(47)38-35-32-15-12-9-6-3)52-46(49)40-37-34-31-29-27-25-23-21-19-17-14-11-8-5-2/h13-14,16-17,20-23,43H,4-12,15,18-19,24-42H2,1-3H3/b16-13-,17-14-,22-20-,23-21-. The molecule has 0 aliphatic carbocycles. The Morgan fingerprint density at radius 3 is 1.12 bits per heavy atom. The number of carbonyl (C=O) groups is 3. The summed E-state index contributed by atoms with van der Waals surface area (Å²) in [5.41, 5.74) is 0. The Balaban J connectivity index is 4.34. The smallest absolute Gasteiger partial charge is 0.306 e. The minimum absolute atomic E-state index is 0.0840. The van der Waals surface area contributed by atoms with Crippen LogP contribution in [0.1, 0.15) is 207 Å². The third-order valence-corrected chi connectivity index (χ3v) is 9.06. The highest BCUT2D eigenvalue weighted by atomic mass is 16.6. The molecule has 0 amide bonds. The van der Waals surface area contributed by atoms with Crippen LogP contribution >= 0.6 is 0 Å². The zero-order chi connectivity index (χ0) is 38.0. The summed E-state index contributed by atoms with van der Waals surface area (Å²) in [5.74, 6) is -0.926. The molecular formula is C46H80O6. The summed E-state index contributed by atoms with van der Waals surface area (Å²) in [4.78, 5) is 37.5. The molecule has 0 fully saturated rings. The van der Waals surface area contributed by atoms with E-state index in [1.165, 1.54) is 64.2 Å². The predicted octanol–water partition coefficient (Wildman–Crippen LogP) is 13.6. The Kier molecular flexibility index (Phi) is 39.1. The van der Waals surface area contributed by atoms with E-state index in [1.54, 1.807) is 0 Å². The van der Waals surface area contributed by atoms with Gasteiger partial charge >= 0.3 is 17.9 Å². The van der Waals surface area contributed by atoms with Gasteiger partial charge in [0.05, 0.1) is 0 Å². The van der Waals surface area contributed by atoms with Gasteiger partial charge in [-0.2, -0.15) is 0 Å². The molecule has 0 aromatic heterocycles. The maximum Gasteiger partial charge on any atom is 0.306 e. The first-order chi connectivity index (χ1) is 25.5. The second-order valence-corrected chi connectivity index (χ2v) is 14.3. The van der Waals surface area contributed by atoms with Crippen LogP contribution in [-0.4, -0.2) is 37.2 Å². The topological polar surface area (TPSA) is 78.9 Å². The van der Waals surface area contributed by atoms with Crippen molar-refractivity contribution in [3.8, 4) is 0 Å². The molecule has 0 radical (unpaired) electrons. The molecule has 6 nitrogen and oxygen atoms in total. The fourth-order valence-electron chi connectivity index (χ4n) is 5.71. The van der Waals surface area contributed by atoms with Gasteiger partial charge in [-0.3, -0.25) is 14.4 Å². The van der Waals surface area contributed by atoms with Gasteiger partial charge in [0.15, 0.2) is 6.10 Å². The number of unbranched alkanes of at least 4 members (excludes halogenated alkanes) is 19. The lowest BCUT2D eigenvalue weighted by Crippen LogP contribution is -2.30. The summed E-state index contributed by atoms with van der Waals surface area (Å²) in [6.07, 6.45) is 46.8. The average molecular weight is 729 g/mol. The monoisotopic (exact) mass is 729 g/mol. The molecular weight excluding hydrogens is 648 g/mol. The Labute approximate surface area is 320 Å². The minimum Gasteiger partial charge on any atom is -0.462 e. The molecule has 0 spiro atoms. The van der Waals surface area contributed by atoms with Crippen molar-refractivity contribution >= 4 is 17.9 Å². The van der Waals surface area contributed by atoms with Crippen molar-refractivity contribution in [3.63, 3.8) is 0 Å². The molecule has 52 heavy (non-hydrogen) atoms. The van der Waals surface area contributed by atoms with Crippen LogP contribution in [0.25, 0.3) is 0 Å². The van der Waals surface area contributed by atoms with Gasteiger partial charge in [0, 0.05) is 19.3 Å². The Bertz CT molecular complexity index is 933. The summed E-state index contributed by atoms with van der Waals surface area (Å²) < 4.78 is 16.6. The van der Waals surface area contributed by atoms with Crippen molar-refractivity contribution < 1.29 is 28.6 Å². The maximum atomic E-state index is 12.7. The molecule has 300 valence electrons. The van der Waals surface area contributed by atoms with Crippen LogP contribution < -0.4 is 0 Å². The molecule has 0 N–H and O–H groups in total. The summed E-state index contributed by atoms with van der Waals surface area (Å²) in [5, 5.41) is 0. The largest absolute Gasteiger partial charge is 0.462 e. The zero-order valence-electron chi connectivity index (χ0n) is 34.1. The van der Waals surface area contributed by atoms with E-state index in [0.29, 0.717) is 19.3 Å². The number of esters is 3. The molecule has 0 aromatic rings. The van der Waals surface area contributed by atoms with Crippen molar-refractivity contribution in [3.05, 3.63) is 48.6 Å². The van der Waals surface area contributed by atoms with Crippen LogP contribution in [0.2, 0.25) is 0 Å². The molecule has 0 aliphatic heterocycles. The van der Waals surface area contributed by atoms with Crippen LogP contribution in [0.3, 0.4) is 0 Å². The number of carbonyl (C=O) groups excluding carboxylic acids is 3. The van der Waals surface area contributed by atoms with Crippen LogP contribution in [0.15, 0.2) is 48.6 Å². The SMILES string of the molecule is CCCC/C=C\C/C=C\CCCCCCCC(=O)OCC(COC(=O)CCCCCCCC)OC(=O)CCCCCCC/C=C\C/C=C\CCCC. The second kappa shape index (κ2) is 41.1. The van der Waals surface area contributed by atoms with Gasteiger partial charge in [0.1, 0.15) is 13.2 Å². The lowest BCUT2D eigenvalue weighted by molar-refractivity contribution is -0.167. The first-order valence-electron chi connectivity index (χ1n) is 21.6. The molecule has 0 bridgehead atoms. The molecule has 0 saturated heterocycles. The molecule has 1 unspecified atom stereocenters. The second-order valence-electron chi connectivity index (χ2n) is 14.3. The van der Waals surface area contributed by atoms with E-state index in [9.17, 15) is 14.4 Å². The Morgan fingerprint density at radius 2 is 0.712 bits per heavy atom. The summed E-state index contributed by atoms with van der Waals surface area (Å²) in [7, 11) is 0. The van der Waals surface area contributed by atoms with Crippen molar-refractivity contribution in [2.75, 3.05) is 13.2 Å². The number of hydrogen-bond acceptors (Lipinski definition) is 6. The van der Waals surface area contributed by atoms with Crippen molar-refractivity contribution in [1.82, 2.24) is 0 Å². The van der Waals surface area contributed by atoms with Crippen molar-refractivity contribution in [1.29, 1.82) is 0 Å². The maximum absolute atomic E-state index is 12.7. The number of ether oxygens (including phenoxy) is 3. The van der Waals surface area contributed by atoms with E-state index in [0.717, 1.165) is 103 Å². The van der Waals surface area contributed by atoms with E-state index in [1.807, 2.05) is 0 Å². The minimum atomic E-state index is -0.780. The third kappa shape index (κ3) is 38.6. The Hall–Kier alpha value is -2.63. The van der Waals surface area contributed by atoms with Gasteiger partial charge in [0.2, 0.25) is 0 Å². The van der Waals surface area contributed by atoms with Gasteiger partial charge in [-0.25, -0.2) is 0 Å². The highest BCUT2D eigenvalue weighted by molar-refractivity contribution is 5.71. The first-order valence-corrected chi connectivity index (χ1v) is 21.6. The number of hydrogen-bond donors (Lipinski definition) is 0. The van der Waals surface area contributed by atoms with Gasteiger partial charge in [-0.05, 0) is 70.6 Å². The molecule has 0 heterocycles. The molecule has 0 aliphatic rings. The fourth-order valence-corrected chi connectivity index (χ4v) is 5.71. The molecule has 0 aromatic carbocycles. The lowest BCUT2D eigenvalue weighted by Gasteiger charge is -2.18. The normalized spacial score (nSPS) is 12.4. The fraction of sp³-hybridized carbons (Fsp3) is 0.761. The number of rotatable bonds is 38. The van der Waals surface area contributed by atoms with Crippen molar-refractivity contribution in [2.24, 2.45) is 0 Å². The van der Waals surface area contributed by atoms with Crippen molar-refractivity contribution in [2.45, 2.75) is 213 Å². The van der Waals surface area contributed by atoms with Gasteiger partial charge in [-0.1, -0.05) is 166 Å². The van der Waals surface area contributed by atoms with E-state index >= 15 is 0 Å². The van der Waals surface area contributed by atoms with Crippen LogP contribution in [0, 0.1) is 0 Å². The zero-order valence-corrected chi connectivity index (χ0v) is 34.1. The van der Waals surface area contributed by atoms with E-state index < -0.39 is 6.10 Å². The summed E-state index contributed by atoms with van der Waals surface area (Å²) in [6, 6.07) is 0. The first kappa shape index (κ1) is 49.4. The van der Waals surface area contributed by atoms with E-state index in [-0.39, 0.29) is 31.1 Å². The molecule has 0 saturated carbocycles. The average Bonchev–Trinajstić information content (AvgIpc) is 3.14.